The van der Waals surface area contributed by atoms with Crippen LogP contribution in [0.1, 0.15) is 23.7 Å². The number of amides is 1. The van der Waals surface area contributed by atoms with Crippen molar-refractivity contribution in [3.63, 3.8) is 0 Å². The van der Waals surface area contributed by atoms with E-state index in [0.717, 1.165) is 6.07 Å². The van der Waals surface area contributed by atoms with Crippen LogP contribution in [0.2, 0.25) is 0 Å². The van der Waals surface area contributed by atoms with Crippen LogP contribution in [-0.2, 0) is 0 Å². The van der Waals surface area contributed by atoms with Crippen molar-refractivity contribution in [2.24, 2.45) is 0 Å². The Balaban J connectivity index is 2.68. The van der Waals surface area contributed by atoms with Crippen molar-refractivity contribution >= 4 is 11.6 Å². The van der Waals surface area contributed by atoms with Crippen molar-refractivity contribution in [3.8, 4) is 5.75 Å². The Morgan fingerprint density at radius 1 is 1.50 bits per heavy atom. The number of hydrogen-bond donors (Lipinski definition) is 3. The maximum absolute atomic E-state index is 12.1. The molecule has 1 unspecified atom stereocenters. The Labute approximate surface area is 102 Å². The second kappa shape index (κ2) is 5.16. The first-order valence-corrected chi connectivity index (χ1v) is 5.15. The van der Waals surface area contributed by atoms with Crippen molar-refractivity contribution in [3.05, 3.63) is 23.8 Å². The van der Waals surface area contributed by atoms with Crippen LogP contribution < -0.4 is 11.1 Å². The summed E-state index contributed by atoms with van der Waals surface area (Å²) in [6, 6.07) is 2.69. The van der Waals surface area contributed by atoms with Gasteiger partial charge in [-0.1, -0.05) is 0 Å². The quantitative estimate of drug-likeness (QED) is 0.576. The van der Waals surface area contributed by atoms with Gasteiger partial charge in [-0.05, 0) is 25.1 Å². The fourth-order valence-electron chi connectivity index (χ4n) is 1.39. The predicted molar refractivity (Wildman–Crippen MR) is 60.1 cm³/mol. The highest BCUT2D eigenvalue weighted by Gasteiger charge is 2.30. The highest BCUT2D eigenvalue weighted by atomic mass is 19.4. The first-order chi connectivity index (χ1) is 8.19. The fraction of sp³-hybridized carbons (Fsp3) is 0.364. The molecule has 1 atom stereocenters. The molecule has 1 aromatic rings. The van der Waals surface area contributed by atoms with Crippen LogP contribution in [0.3, 0.4) is 0 Å². The van der Waals surface area contributed by atoms with E-state index >= 15 is 0 Å². The van der Waals surface area contributed by atoms with Crippen LogP contribution in [0.25, 0.3) is 0 Å². The molecule has 4 N–H and O–H groups in total. The van der Waals surface area contributed by atoms with E-state index in [0.29, 0.717) is 0 Å². The number of anilines is 1. The minimum Gasteiger partial charge on any atom is -0.506 e. The number of rotatable bonds is 3. The molecule has 0 bridgehead atoms. The maximum atomic E-state index is 12.1. The zero-order valence-electron chi connectivity index (χ0n) is 9.58. The summed E-state index contributed by atoms with van der Waals surface area (Å²) in [5, 5.41) is 11.5. The third kappa shape index (κ3) is 4.15. The Morgan fingerprint density at radius 2 is 2.11 bits per heavy atom. The summed E-state index contributed by atoms with van der Waals surface area (Å²) < 4.78 is 36.2. The third-order valence-corrected chi connectivity index (χ3v) is 2.21. The number of nitrogen functional groups attached to an aromatic ring is 1. The molecule has 7 heteroatoms. The molecule has 0 fully saturated rings. The Hall–Kier alpha value is -1.92. The van der Waals surface area contributed by atoms with Crippen molar-refractivity contribution in [1.82, 2.24) is 5.32 Å². The predicted octanol–water partition coefficient (Wildman–Crippen LogP) is 2.05. The van der Waals surface area contributed by atoms with E-state index in [-0.39, 0.29) is 17.0 Å². The number of alkyl halides is 3. The molecular formula is C11H13F3N2O2. The molecular weight excluding hydrogens is 249 g/mol. The number of carbonyl (C=O) groups is 1. The summed E-state index contributed by atoms with van der Waals surface area (Å²) in [4.78, 5) is 11.6. The van der Waals surface area contributed by atoms with Crippen molar-refractivity contribution < 1.29 is 23.1 Å². The number of benzene rings is 1. The van der Waals surface area contributed by atoms with Crippen LogP contribution in [0.5, 0.6) is 5.75 Å². The topological polar surface area (TPSA) is 75.4 Å². The second-order valence-corrected chi connectivity index (χ2v) is 3.97. The van der Waals surface area contributed by atoms with Gasteiger partial charge in [-0.25, -0.2) is 0 Å². The van der Waals surface area contributed by atoms with Gasteiger partial charge in [0.2, 0.25) is 0 Å². The normalized spacial score (nSPS) is 13.1. The number of halogens is 3. The monoisotopic (exact) mass is 262 g/mol. The lowest BCUT2D eigenvalue weighted by molar-refractivity contribution is -0.138. The molecule has 0 aliphatic heterocycles. The summed E-state index contributed by atoms with van der Waals surface area (Å²) in [6.07, 6.45) is -5.45. The van der Waals surface area contributed by atoms with Crippen LogP contribution in [0.4, 0.5) is 18.9 Å². The Kier molecular flexibility index (Phi) is 4.05. The van der Waals surface area contributed by atoms with Gasteiger partial charge in [0.15, 0.2) is 0 Å². The van der Waals surface area contributed by atoms with Crippen molar-refractivity contribution in [1.29, 1.82) is 0 Å². The van der Waals surface area contributed by atoms with Crippen molar-refractivity contribution in [2.45, 2.75) is 25.6 Å². The zero-order chi connectivity index (χ0) is 13.9. The SMILES string of the molecule is CC(CC(F)(F)F)NC(=O)c1ccc(N)c(O)c1. The minimum atomic E-state index is -4.34. The van der Waals surface area contributed by atoms with Gasteiger partial charge < -0.3 is 16.2 Å². The second-order valence-electron chi connectivity index (χ2n) is 3.97. The molecule has 1 rings (SSSR count). The lowest BCUT2D eigenvalue weighted by atomic mass is 10.1. The van der Waals surface area contributed by atoms with E-state index in [4.69, 9.17) is 5.73 Å². The van der Waals surface area contributed by atoms with E-state index in [1.165, 1.54) is 19.1 Å². The highest BCUT2D eigenvalue weighted by molar-refractivity contribution is 5.95. The number of aromatic hydroxyl groups is 1. The molecule has 100 valence electrons. The first kappa shape index (κ1) is 14.1. The summed E-state index contributed by atoms with van der Waals surface area (Å²) in [5.41, 5.74) is 5.49. The molecule has 0 aliphatic carbocycles. The van der Waals surface area contributed by atoms with E-state index in [2.05, 4.69) is 5.32 Å². The minimum absolute atomic E-state index is 0.0516. The van der Waals surface area contributed by atoms with Crippen LogP contribution in [0, 0.1) is 0 Å². The average Bonchev–Trinajstić information content (AvgIpc) is 2.18. The van der Waals surface area contributed by atoms with Crippen molar-refractivity contribution in [2.75, 3.05) is 5.73 Å². The maximum Gasteiger partial charge on any atom is 0.391 e. The molecule has 0 heterocycles. The van der Waals surface area contributed by atoms with Gasteiger partial charge in [0, 0.05) is 11.6 Å². The lowest BCUT2D eigenvalue weighted by Gasteiger charge is -2.16. The van der Waals surface area contributed by atoms with Gasteiger partial charge >= 0.3 is 6.18 Å². The summed E-state index contributed by atoms with van der Waals surface area (Å²) in [5.74, 6) is -0.979. The van der Waals surface area contributed by atoms with Crippen LogP contribution in [-0.4, -0.2) is 23.2 Å². The molecule has 0 aliphatic rings. The van der Waals surface area contributed by atoms with Gasteiger partial charge in [-0.15, -0.1) is 0 Å². The molecule has 0 aromatic heterocycles. The van der Waals surface area contributed by atoms with Crippen LogP contribution >= 0.6 is 0 Å². The van der Waals surface area contributed by atoms with E-state index in [1.807, 2.05) is 0 Å². The highest BCUT2D eigenvalue weighted by Crippen LogP contribution is 2.23. The number of hydrogen-bond acceptors (Lipinski definition) is 3. The molecule has 1 aromatic carbocycles. The van der Waals surface area contributed by atoms with Crippen LogP contribution in [0.15, 0.2) is 18.2 Å². The Bertz CT molecular complexity index is 446. The molecule has 1 amide bonds. The van der Waals surface area contributed by atoms with E-state index in [9.17, 15) is 23.1 Å². The first-order valence-electron chi connectivity index (χ1n) is 5.15. The van der Waals surface area contributed by atoms with Gasteiger partial charge in [0.05, 0.1) is 12.1 Å². The molecule has 0 saturated carbocycles. The molecule has 18 heavy (non-hydrogen) atoms. The van der Waals surface area contributed by atoms with E-state index in [1.54, 1.807) is 0 Å². The number of nitrogens with two attached hydrogens (primary N) is 1. The van der Waals surface area contributed by atoms with Gasteiger partial charge in [-0.2, -0.15) is 13.2 Å². The Morgan fingerprint density at radius 3 is 2.61 bits per heavy atom. The average molecular weight is 262 g/mol. The van der Waals surface area contributed by atoms with Gasteiger partial charge in [0.1, 0.15) is 5.75 Å². The smallest absolute Gasteiger partial charge is 0.391 e. The number of nitrogens with one attached hydrogen (secondary N) is 1. The molecule has 0 radical (unpaired) electrons. The van der Waals surface area contributed by atoms with Gasteiger partial charge in [0.25, 0.3) is 5.91 Å². The summed E-state index contributed by atoms with van der Waals surface area (Å²) in [6.45, 7) is 1.25. The number of phenolic OH excluding ortho intramolecular Hbond substituents is 1. The fourth-order valence-corrected chi connectivity index (χ4v) is 1.39. The number of carbonyl (C=O) groups excluding carboxylic acids is 1. The number of phenols is 1. The molecule has 4 nitrogen and oxygen atoms in total. The summed E-state index contributed by atoms with van der Waals surface area (Å²) in [7, 11) is 0. The third-order valence-electron chi connectivity index (χ3n) is 2.21. The standard InChI is InChI=1S/C11H13F3N2O2/c1-6(5-11(12,13)14)16-10(18)7-2-3-8(15)9(17)4-7/h2-4,6,17H,5,15H2,1H3,(H,16,18). The molecule has 0 saturated heterocycles. The van der Waals surface area contributed by atoms with Gasteiger partial charge in [-0.3, -0.25) is 4.79 Å². The largest absolute Gasteiger partial charge is 0.506 e. The van der Waals surface area contributed by atoms with E-state index < -0.39 is 24.5 Å². The summed E-state index contributed by atoms with van der Waals surface area (Å²) >= 11 is 0. The zero-order valence-corrected chi connectivity index (χ0v) is 9.58. The lowest BCUT2D eigenvalue weighted by Crippen LogP contribution is -2.35. The molecule has 0 spiro atoms.